The highest BCUT2D eigenvalue weighted by molar-refractivity contribution is 6.30. The normalized spacial score (nSPS) is 19.0. The van der Waals surface area contributed by atoms with Crippen LogP contribution in [0.2, 0.25) is 5.02 Å². The second-order valence-corrected chi connectivity index (χ2v) is 6.63. The van der Waals surface area contributed by atoms with Crippen LogP contribution >= 0.6 is 11.6 Å². The van der Waals surface area contributed by atoms with E-state index in [4.69, 9.17) is 11.6 Å². The van der Waals surface area contributed by atoms with Gasteiger partial charge in [0.15, 0.2) is 0 Å². The summed E-state index contributed by atoms with van der Waals surface area (Å²) in [5.41, 5.74) is 1.13. The molecule has 0 spiro atoms. The molecule has 21 heavy (non-hydrogen) atoms. The van der Waals surface area contributed by atoms with Gasteiger partial charge in [0, 0.05) is 6.04 Å². The van der Waals surface area contributed by atoms with E-state index in [0.29, 0.717) is 6.04 Å². The molecule has 0 saturated heterocycles. The van der Waals surface area contributed by atoms with Crippen LogP contribution in [-0.2, 0) is 6.42 Å². The zero-order valence-corrected chi connectivity index (χ0v) is 13.8. The van der Waals surface area contributed by atoms with E-state index in [1.807, 2.05) is 6.07 Å². The lowest BCUT2D eigenvalue weighted by Gasteiger charge is -2.29. The van der Waals surface area contributed by atoms with Crippen molar-refractivity contribution in [1.82, 2.24) is 5.32 Å². The number of benzene rings is 1. The van der Waals surface area contributed by atoms with Crippen LogP contribution in [0.15, 0.2) is 18.2 Å². The Hall–Kier alpha value is -0.600. The molecule has 3 heteroatoms. The van der Waals surface area contributed by atoms with Crippen LogP contribution < -0.4 is 5.32 Å². The first kappa shape index (κ1) is 16.8. The van der Waals surface area contributed by atoms with Crippen LogP contribution in [0.3, 0.4) is 0 Å². The van der Waals surface area contributed by atoms with Gasteiger partial charge in [0.2, 0.25) is 0 Å². The van der Waals surface area contributed by atoms with Crippen molar-refractivity contribution in [3.8, 4) is 0 Å². The van der Waals surface area contributed by atoms with Gasteiger partial charge in [-0.05, 0) is 49.4 Å². The molecule has 1 nitrogen and oxygen atoms in total. The smallest absolute Gasteiger partial charge is 0.141 e. The second kappa shape index (κ2) is 8.75. The highest BCUT2D eigenvalue weighted by Gasteiger charge is 2.22. The molecule has 1 unspecified atom stereocenters. The number of likely N-dealkylation sites (N-methyl/N-ethyl adjacent to an activating group) is 1. The van der Waals surface area contributed by atoms with E-state index in [9.17, 15) is 4.39 Å². The molecule has 0 amide bonds. The summed E-state index contributed by atoms with van der Waals surface area (Å²) in [6.07, 6.45) is 10.4. The van der Waals surface area contributed by atoms with E-state index in [-0.39, 0.29) is 10.8 Å². The monoisotopic (exact) mass is 311 g/mol. The van der Waals surface area contributed by atoms with Crippen molar-refractivity contribution in [1.29, 1.82) is 0 Å². The molecule has 1 aromatic rings. The maximum Gasteiger partial charge on any atom is 0.141 e. The molecule has 0 heterocycles. The number of halogens is 2. The number of hydrogen-bond donors (Lipinski definition) is 1. The Kier molecular flexibility index (Phi) is 6.98. The topological polar surface area (TPSA) is 12.0 Å². The predicted octanol–water partition coefficient (Wildman–Crippen LogP) is 5.36. The van der Waals surface area contributed by atoms with Crippen LogP contribution in [0, 0.1) is 11.7 Å². The average molecular weight is 312 g/mol. The first-order chi connectivity index (χ1) is 10.2. The van der Waals surface area contributed by atoms with Crippen molar-refractivity contribution in [3.63, 3.8) is 0 Å². The molecule has 0 aromatic heterocycles. The third-order valence-corrected chi connectivity index (χ3v) is 4.91. The highest BCUT2D eigenvalue weighted by atomic mass is 35.5. The number of nitrogens with one attached hydrogen (secondary N) is 1. The Morgan fingerprint density at radius 1 is 1.19 bits per heavy atom. The van der Waals surface area contributed by atoms with E-state index in [2.05, 4.69) is 12.2 Å². The molecule has 1 saturated carbocycles. The summed E-state index contributed by atoms with van der Waals surface area (Å²) in [5.74, 6) is 0.403. The molecule has 0 bridgehead atoms. The van der Waals surface area contributed by atoms with Gasteiger partial charge in [-0.15, -0.1) is 0 Å². The fourth-order valence-electron chi connectivity index (χ4n) is 3.48. The summed E-state index contributed by atoms with van der Waals surface area (Å²) in [5, 5.41) is 3.88. The van der Waals surface area contributed by atoms with Crippen LogP contribution in [0.5, 0.6) is 0 Å². The second-order valence-electron chi connectivity index (χ2n) is 6.22. The Morgan fingerprint density at radius 2 is 1.86 bits per heavy atom. The van der Waals surface area contributed by atoms with Gasteiger partial charge in [0.1, 0.15) is 5.82 Å². The molecular formula is C18H27ClFN. The fraction of sp³-hybridized carbons (Fsp3) is 0.667. The number of rotatable bonds is 5. The largest absolute Gasteiger partial charge is 0.314 e. The zero-order chi connectivity index (χ0) is 15.1. The Morgan fingerprint density at radius 3 is 2.48 bits per heavy atom. The van der Waals surface area contributed by atoms with Crippen molar-refractivity contribution in [3.05, 3.63) is 34.6 Å². The van der Waals surface area contributed by atoms with Gasteiger partial charge in [-0.25, -0.2) is 4.39 Å². The van der Waals surface area contributed by atoms with Gasteiger partial charge < -0.3 is 5.32 Å². The van der Waals surface area contributed by atoms with Crippen molar-refractivity contribution < 1.29 is 4.39 Å². The van der Waals surface area contributed by atoms with Crippen molar-refractivity contribution >= 4 is 11.6 Å². The van der Waals surface area contributed by atoms with Gasteiger partial charge >= 0.3 is 0 Å². The van der Waals surface area contributed by atoms with E-state index < -0.39 is 0 Å². The predicted molar refractivity (Wildman–Crippen MR) is 88.4 cm³/mol. The SMILES string of the molecule is CCNC(Cc1ccc(F)c(Cl)c1)C1CCCCCCC1. The lowest BCUT2D eigenvalue weighted by Crippen LogP contribution is -2.38. The maximum absolute atomic E-state index is 13.3. The highest BCUT2D eigenvalue weighted by Crippen LogP contribution is 2.27. The Balaban J connectivity index is 2.04. The lowest BCUT2D eigenvalue weighted by molar-refractivity contribution is 0.286. The molecular weight excluding hydrogens is 285 g/mol. The standard InChI is InChI=1S/C18H27ClFN/c1-2-21-18(15-8-6-4-3-5-7-9-15)13-14-10-11-17(20)16(19)12-14/h10-12,15,18,21H,2-9,13H2,1H3. The molecule has 1 fully saturated rings. The summed E-state index contributed by atoms with van der Waals surface area (Å²) >= 11 is 5.91. The van der Waals surface area contributed by atoms with Crippen LogP contribution in [-0.4, -0.2) is 12.6 Å². The minimum Gasteiger partial charge on any atom is -0.314 e. The fourth-order valence-corrected chi connectivity index (χ4v) is 3.68. The summed E-state index contributed by atoms with van der Waals surface area (Å²) in [4.78, 5) is 0. The molecule has 2 rings (SSSR count). The lowest BCUT2D eigenvalue weighted by atomic mass is 9.83. The van der Waals surface area contributed by atoms with E-state index in [1.165, 1.54) is 51.0 Å². The summed E-state index contributed by atoms with van der Waals surface area (Å²) in [6.45, 7) is 3.14. The van der Waals surface area contributed by atoms with Crippen molar-refractivity contribution in [2.75, 3.05) is 6.54 Å². The van der Waals surface area contributed by atoms with Crippen molar-refractivity contribution in [2.24, 2.45) is 5.92 Å². The maximum atomic E-state index is 13.3. The van der Waals surface area contributed by atoms with Gasteiger partial charge in [-0.2, -0.15) is 0 Å². The Labute approximate surface area is 133 Å². The molecule has 1 N–H and O–H groups in total. The van der Waals surface area contributed by atoms with Gasteiger partial charge in [-0.3, -0.25) is 0 Å². The van der Waals surface area contributed by atoms with Crippen molar-refractivity contribution in [2.45, 2.75) is 64.3 Å². The van der Waals surface area contributed by atoms with Gasteiger partial charge in [-0.1, -0.05) is 56.7 Å². The first-order valence-electron chi connectivity index (χ1n) is 8.38. The number of hydrogen-bond acceptors (Lipinski definition) is 1. The van der Waals surface area contributed by atoms with E-state index in [1.54, 1.807) is 6.07 Å². The molecule has 1 aliphatic rings. The quantitative estimate of drug-likeness (QED) is 0.772. The van der Waals surface area contributed by atoms with Crippen LogP contribution in [0.4, 0.5) is 4.39 Å². The van der Waals surface area contributed by atoms with E-state index >= 15 is 0 Å². The minimum absolute atomic E-state index is 0.236. The summed E-state index contributed by atoms with van der Waals surface area (Å²) in [6, 6.07) is 5.62. The van der Waals surface area contributed by atoms with Crippen LogP contribution in [0.25, 0.3) is 0 Å². The average Bonchev–Trinajstić information content (AvgIpc) is 2.42. The third kappa shape index (κ3) is 5.27. The zero-order valence-electron chi connectivity index (χ0n) is 13.0. The molecule has 0 radical (unpaired) electrons. The molecule has 118 valence electrons. The third-order valence-electron chi connectivity index (χ3n) is 4.62. The molecule has 0 aliphatic heterocycles. The minimum atomic E-state index is -0.327. The molecule has 1 aliphatic carbocycles. The molecule has 1 aromatic carbocycles. The summed E-state index contributed by atoms with van der Waals surface area (Å²) in [7, 11) is 0. The molecule has 1 atom stereocenters. The Bertz CT molecular complexity index is 427. The van der Waals surface area contributed by atoms with Gasteiger partial charge in [0.05, 0.1) is 5.02 Å². The first-order valence-corrected chi connectivity index (χ1v) is 8.75. The van der Waals surface area contributed by atoms with Gasteiger partial charge in [0.25, 0.3) is 0 Å². The van der Waals surface area contributed by atoms with E-state index in [0.717, 1.165) is 24.4 Å². The van der Waals surface area contributed by atoms with Crippen LogP contribution in [0.1, 0.15) is 57.4 Å². The summed E-state index contributed by atoms with van der Waals surface area (Å²) < 4.78 is 13.3.